The molecule has 3 atom stereocenters. The van der Waals surface area contributed by atoms with Gasteiger partial charge in [0.15, 0.2) is 0 Å². The molecule has 3 unspecified atom stereocenters. The van der Waals surface area contributed by atoms with E-state index in [4.69, 9.17) is 10.5 Å². The Labute approximate surface area is 223 Å². The van der Waals surface area contributed by atoms with Crippen molar-refractivity contribution < 1.29 is 13.2 Å². The first-order valence-corrected chi connectivity index (χ1v) is 13.2. The van der Waals surface area contributed by atoms with Gasteiger partial charge >= 0.3 is 6.18 Å². The molecule has 38 heavy (non-hydrogen) atoms. The van der Waals surface area contributed by atoms with Gasteiger partial charge in [0.05, 0.1) is 28.8 Å². The van der Waals surface area contributed by atoms with E-state index in [-0.39, 0.29) is 20.4 Å². The van der Waals surface area contributed by atoms with Crippen molar-refractivity contribution in [3.8, 4) is 12.1 Å². The molecule has 0 N–H and O–H groups in total. The molecule has 2 nitrogen and oxygen atoms in total. The fraction of sp³-hybridized carbons (Fsp3) is 0.188. The molecule has 190 valence electrons. The maximum absolute atomic E-state index is 13.7. The van der Waals surface area contributed by atoms with Gasteiger partial charge in [-0.25, -0.2) is 0 Å². The topological polar surface area (TPSA) is 47.6 Å². The van der Waals surface area contributed by atoms with E-state index in [9.17, 15) is 13.2 Å². The Morgan fingerprint density at radius 1 is 0.658 bits per heavy atom. The number of nitrogens with zero attached hydrogens (tertiary/aromatic N) is 2. The van der Waals surface area contributed by atoms with Crippen molar-refractivity contribution in [2.45, 2.75) is 38.8 Å². The lowest BCUT2D eigenvalue weighted by Gasteiger charge is -2.21. The molecule has 0 bridgehead atoms. The van der Waals surface area contributed by atoms with Crippen molar-refractivity contribution in [2.75, 3.05) is 0 Å². The number of rotatable bonds is 6. The molecule has 4 rings (SSSR count). The highest BCUT2D eigenvalue weighted by Crippen LogP contribution is 2.34. The molecule has 0 heterocycles. The number of hydrogen-bond donors (Lipinski definition) is 0. The molecule has 0 aliphatic carbocycles. The second-order valence-corrected chi connectivity index (χ2v) is 10.7. The Bertz CT molecular complexity index is 1530. The first-order valence-electron chi connectivity index (χ1n) is 12.2. The van der Waals surface area contributed by atoms with E-state index >= 15 is 0 Å². The number of aryl methyl sites for hydroxylation is 1. The molecule has 6 heteroatoms. The Morgan fingerprint density at radius 3 is 1.71 bits per heavy atom. The van der Waals surface area contributed by atoms with Gasteiger partial charge in [-0.05, 0) is 81.7 Å². The van der Waals surface area contributed by atoms with Crippen molar-refractivity contribution >= 4 is 19.2 Å². The van der Waals surface area contributed by atoms with Crippen molar-refractivity contribution in [3.05, 3.63) is 129 Å². The normalized spacial score (nSPS) is 13.2. The highest BCUT2D eigenvalue weighted by molar-refractivity contribution is 7.55. The third kappa shape index (κ3) is 5.96. The van der Waals surface area contributed by atoms with Gasteiger partial charge in [-0.2, -0.15) is 23.7 Å². The highest BCUT2D eigenvalue weighted by Gasteiger charge is 2.31. The molecule has 0 fully saturated rings. The van der Waals surface area contributed by atoms with Gasteiger partial charge in [0.2, 0.25) is 0 Å². The third-order valence-corrected chi connectivity index (χ3v) is 8.47. The van der Waals surface area contributed by atoms with Crippen LogP contribution in [0.1, 0.15) is 70.2 Å². The lowest BCUT2D eigenvalue weighted by molar-refractivity contribution is -0.137. The highest BCUT2D eigenvalue weighted by atomic mass is 31.1. The van der Waals surface area contributed by atoms with E-state index in [2.05, 4.69) is 31.2 Å². The molecular formula is C32H26F3N2P. The van der Waals surface area contributed by atoms with Crippen LogP contribution in [0, 0.1) is 29.6 Å². The Kier molecular flexibility index (Phi) is 8.01. The molecule has 0 spiro atoms. The van der Waals surface area contributed by atoms with Gasteiger partial charge in [-0.15, -0.1) is 0 Å². The predicted octanol–water partition coefficient (Wildman–Crippen LogP) is 7.69. The Hall–Kier alpha value is -3.92. The van der Waals surface area contributed by atoms with Gasteiger partial charge in [0, 0.05) is 11.8 Å². The van der Waals surface area contributed by atoms with E-state index < -0.39 is 11.7 Å². The molecule has 0 aromatic heterocycles. The molecule has 0 aliphatic rings. The van der Waals surface area contributed by atoms with E-state index in [1.54, 1.807) is 30.3 Å². The SMILES string of the molecule is Cc1ccc(C(C)c2ccc(C#N)cc2)cc1Pc1cc(C(F)(F)F)ccc1C(C)c1ccc(C#N)cc1. The van der Waals surface area contributed by atoms with E-state index in [0.717, 1.165) is 39.2 Å². The summed E-state index contributed by atoms with van der Waals surface area (Å²) in [6, 6.07) is 29.1. The van der Waals surface area contributed by atoms with Gasteiger partial charge in [0.1, 0.15) is 0 Å². The largest absolute Gasteiger partial charge is 0.416 e. The van der Waals surface area contributed by atoms with Crippen LogP contribution in [0.15, 0.2) is 84.9 Å². The van der Waals surface area contributed by atoms with Gasteiger partial charge < -0.3 is 0 Å². The Balaban J connectivity index is 1.73. The van der Waals surface area contributed by atoms with Crippen LogP contribution in [0.3, 0.4) is 0 Å². The first-order chi connectivity index (χ1) is 18.1. The minimum atomic E-state index is -4.43. The molecular weight excluding hydrogens is 500 g/mol. The quantitative estimate of drug-likeness (QED) is 0.242. The number of benzene rings is 4. The molecule has 0 radical (unpaired) electrons. The lowest BCUT2D eigenvalue weighted by atomic mass is 9.92. The van der Waals surface area contributed by atoms with Crippen LogP contribution in [-0.4, -0.2) is 0 Å². The molecule has 4 aromatic carbocycles. The minimum Gasteiger partial charge on any atom is -0.192 e. The van der Waals surface area contributed by atoms with Crippen LogP contribution in [0.4, 0.5) is 13.2 Å². The second kappa shape index (κ2) is 11.2. The van der Waals surface area contributed by atoms with Gasteiger partial charge in [-0.3, -0.25) is 0 Å². The summed E-state index contributed by atoms with van der Waals surface area (Å²) in [4.78, 5) is 0. The average Bonchev–Trinajstić information content (AvgIpc) is 2.93. The summed E-state index contributed by atoms with van der Waals surface area (Å²) in [6.45, 7) is 6.05. The maximum Gasteiger partial charge on any atom is 0.416 e. The first kappa shape index (κ1) is 27.1. The summed E-state index contributed by atoms with van der Waals surface area (Å²) in [7, 11) is 0.0346. The van der Waals surface area contributed by atoms with Crippen LogP contribution in [0.2, 0.25) is 0 Å². The standard InChI is InChI=1S/C32H26F3N2P/c1-20-4-9-27(21(2)25-10-5-23(18-36)6-11-25)16-30(20)38-31-17-28(32(33,34)35)14-15-29(31)22(3)26-12-7-24(19-37)8-13-26/h4-17,21-22,38H,1-3H3. The summed E-state index contributed by atoms with van der Waals surface area (Å²) in [5.74, 6) is -0.0842. The number of halogens is 3. The second-order valence-electron chi connectivity index (χ2n) is 9.41. The Morgan fingerprint density at radius 2 is 1.18 bits per heavy atom. The smallest absolute Gasteiger partial charge is 0.192 e. The van der Waals surface area contributed by atoms with Crippen LogP contribution in [0.5, 0.6) is 0 Å². The van der Waals surface area contributed by atoms with Crippen LogP contribution in [-0.2, 0) is 6.18 Å². The van der Waals surface area contributed by atoms with Crippen molar-refractivity contribution in [1.29, 1.82) is 10.5 Å². The molecule has 0 amide bonds. The van der Waals surface area contributed by atoms with Crippen molar-refractivity contribution in [2.24, 2.45) is 0 Å². The van der Waals surface area contributed by atoms with Crippen molar-refractivity contribution in [3.63, 3.8) is 0 Å². The van der Waals surface area contributed by atoms with Gasteiger partial charge in [0.25, 0.3) is 0 Å². The van der Waals surface area contributed by atoms with Crippen LogP contribution >= 0.6 is 8.58 Å². The molecule has 0 aliphatic heterocycles. The number of alkyl halides is 3. The molecule has 0 saturated carbocycles. The van der Waals surface area contributed by atoms with Crippen LogP contribution in [0.25, 0.3) is 0 Å². The molecule has 0 saturated heterocycles. The number of nitriles is 2. The average molecular weight is 527 g/mol. The maximum atomic E-state index is 13.7. The fourth-order valence-electron chi connectivity index (χ4n) is 4.47. The summed E-state index contributed by atoms with van der Waals surface area (Å²) in [6.07, 6.45) is -4.43. The zero-order chi connectivity index (χ0) is 27.4. The van der Waals surface area contributed by atoms with E-state index in [1.165, 1.54) is 6.07 Å². The van der Waals surface area contributed by atoms with E-state index in [1.807, 2.05) is 44.2 Å². The fourth-order valence-corrected chi connectivity index (χ4v) is 5.95. The lowest BCUT2D eigenvalue weighted by Crippen LogP contribution is -2.18. The van der Waals surface area contributed by atoms with E-state index in [0.29, 0.717) is 16.4 Å². The monoisotopic (exact) mass is 526 g/mol. The summed E-state index contributed by atoms with van der Waals surface area (Å²) in [5.41, 5.74) is 5.41. The minimum absolute atomic E-state index is 0.0346. The number of hydrogen-bond acceptors (Lipinski definition) is 2. The summed E-state index contributed by atoms with van der Waals surface area (Å²) < 4.78 is 41.1. The zero-order valence-electron chi connectivity index (χ0n) is 21.3. The van der Waals surface area contributed by atoms with Crippen LogP contribution < -0.4 is 10.6 Å². The van der Waals surface area contributed by atoms with Gasteiger partial charge in [-0.1, -0.05) is 71.0 Å². The summed E-state index contributed by atoms with van der Waals surface area (Å²) in [5, 5.41) is 19.9. The summed E-state index contributed by atoms with van der Waals surface area (Å²) >= 11 is 0. The third-order valence-electron chi connectivity index (χ3n) is 6.96. The molecule has 4 aromatic rings. The zero-order valence-corrected chi connectivity index (χ0v) is 22.3. The van der Waals surface area contributed by atoms with Crippen molar-refractivity contribution in [1.82, 2.24) is 0 Å². The predicted molar refractivity (Wildman–Crippen MR) is 148 cm³/mol.